The lowest BCUT2D eigenvalue weighted by Gasteiger charge is -2.40. The van der Waals surface area contributed by atoms with Gasteiger partial charge in [-0.15, -0.1) is 0 Å². The Balaban J connectivity index is 1.23. The first-order chi connectivity index (χ1) is 18.9. The van der Waals surface area contributed by atoms with Gasteiger partial charge < -0.3 is 14.7 Å². The molecule has 2 fully saturated rings. The number of benzene rings is 1. The van der Waals surface area contributed by atoms with Crippen molar-refractivity contribution in [2.24, 2.45) is 22.7 Å². The molecule has 5 heteroatoms. The van der Waals surface area contributed by atoms with Crippen molar-refractivity contribution in [2.75, 3.05) is 43.5 Å². The number of piperidine rings is 1. The van der Waals surface area contributed by atoms with E-state index in [-0.39, 0.29) is 0 Å². The van der Waals surface area contributed by atoms with Crippen LogP contribution < -0.4 is 9.80 Å². The maximum absolute atomic E-state index is 5.00. The minimum atomic E-state index is 0.587. The van der Waals surface area contributed by atoms with Crippen LogP contribution in [0.4, 0.5) is 11.4 Å². The second-order valence-electron chi connectivity index (χ2n) is 12.5. The normalized spacial score (nSPS) is 21.9. The summed E-state index contributed by atoms with van der Waals surface area (Å²) < 4.78 is 0. The molecule has 1 aromatic heterocycles. The SMILES string of the molecule is C=C(C1CCC(C)CC1)N(CC1CCN(c2ccc(N(C)C)cc2)CC1)C1=NC=C(Cc2cncc(C)c2)C1. The first kappa shape index (κ1) is 27.5. The van der Waals surface area contributed by atoms with Gasteiger partial charge in [0, 0.05) is 75.8 Å². The summed E-state index contributed by atoms with van der Waals surface area (Å²) in [4.78, 5) is 16.7. The van der Waals surface area contributed by atoms with Crippen LogP contribution in [-0.2, 0) is 6.42 Å². The molecule has 1 saturated heterocycles. The van der Waals surface area contributed by atoms with Crippen molar-refractivity contribution in [3.05, 3.63) is 77.9 Å². The van der Waals surface area contributed by atoms with E-state index < -0.39 is 0 Å². The van der Waals surface area contributed by atoms with E-state index in [1.165, 1.54) is 78.1 Å². The zero-order chi connectivity index (χ0) is 27.4. The van der Waals surface area contributed by atoms with E-state index in [0.29, 0.717) is 11.8 Å². The summed E-state index contributed by atoms with van der Waals surface area (Å²) in [5, 5.41) is 0. The Morgan fingerprint density at radius 2 is 1.72 bits per heavy atom. The maximum atomic E-state index is 5.00. The zero-order valence-corrected chi connectivity index (χ0v) is 24.6. The lowest BCUT2D eigenvalue weighted by atomic mass is 9.81. The first-order valence-corrected chi connectivity index (χ1v) is 15.0. The molecular formula is C34H47N5. The van der Waals surface area contributed by atoms with E-state index in [4.69, 9.17) is 11.6 Å². The van der Waals surface area contributed by atoms with Gasteiger partial charge in [0.2, 0.25) is 0 Å². The Morgan fingerprint density at radius 1 is 1.00 bits per heavy atom. The number of amidine groups is 1. The number of allylic oxidation sites excluding steroid dienone is 1. The van der Waals surface area contributed by atoms with Crippen LogP contribution >= 0.6 is 0 Å². The van der Waals surface area contributed by atoms with Gasteiger partial charge in [-0.05, 0) is 97.7 Å². The molecule has 0 unspecified atom stereocenters. The Morgan fingerprint density at radius 3 is 2.38 bits per heavy atom. The van der Waals surface area contributed by atoms with E-state index in [9.17, 15) is 0 Å². The topological polar surface area (TPSA) is 35.0 Å². The second kappa shape index (κ2) is 12.4. The number of hydrogen-bond acceptors (Lipinski definition) is 5. The molecule has 3 aliphatic rings. The predicted molar refractivity (Wildman–Crippen MR) is 165 cm³/mol. The van der Waals surface area contributed by atoms with Crippen LogP contribution in [0.5, 0.6) is 0 Å². The number of pyridine rings is 1. The molecule has 0 bridgehead atoms. The van der Waals surface area contributed by atoms with Gasteiger partial charge in [-0.3, -0.25) is 4.98 Å². The maximum Gasteiger partial charge on any atom is 0.112 e. The highest BCUT2D eigenvalue weighted by Crippen LogP contribution is 2.36. The quantitative estimate of drug-likeness (QED) is 0.364. The van der Waals surface area contributed by atoms with Crippen molar-refractivity contribution < 1.29 is 0 Å². The molecule has 2 aromatic rings. The molecule has 0 N–H and O–H groups in total. The van der Waals surface area contributed by atoms with Gasteiger partial charge in [-0.25, -0.2) is 4.99 Å². The number of hydrogen-bond donors (Lipinski definition) is 0. The van der Waals surface area contributed by atoms with Gasteiger partial charge in [0.15, 0.2) is 0 Å². The fourth-order valence-electron chi connectivity index (χ4n) is 6.51. The Hall–Kier alpha value is -3.08. The standard InChI is InChI=1S/C34H47N5/c1-25-6-8-31(9-7-25)27(3)39(34-20-30(23-36-34)19-29-18-26(2)21-35-22-29)24-28-14-16-38(17-15-28)33-12-10-32(11-13-33)37(4)5/h10-13,18,21-23,25,28,31H,3,6-9,14-17,19-20,24H2,1-2,4-5H3. The molecule has 0 atom stereocenters. The summed E-state index contributed by atoms with van der Waals surface area (Å²) >= 11 is 0. The van der Waals surface area contributed by atoms with Crippen LogP contribution in [-0.4, -0.2) is 49.4 Å². The largest absolute Gasteiger partial charge is 0.378 e. The fraction of sp³-hybridized carbons (Fsp3) is 0.529. The molecule has 3 heterocycles. The molecule has 1 aromatic carbocycles. The molecule has 208 valence electrons. The van der Waals surface area contributed by atoms with Crippen molar-refractivity contribution in [1.82, 2.24) is 9.88 Å². The van der Waals surface area contributed by atoms with Crippen molar-refractivity contribution in [2.45, 2.75) is 65.2 Å². The van der Waals surface area contributed by atoms with Crippen LogP contribution in [0.1, 0.15) is 63.0 Å². The fourth-order valence-corrected chi connectivity index (χ4v) is 6.51. The van der Waals surface area contributed by atoms with Crippen molar-refractivity contribution in [1.29, 1.82) is 0 Å². The number of aryl methyl sites for hydroxylation is 1. The summed E-state index contributed by atoms with van der Waals surface area (Å²) in [5.41, 5.74) is 7.78. The summed E-state index contributed by atoms with van der Waals surface area (Å²) in [7, 11) is 4.20. The summed E-state index contributed by atoms with van der Waals surface area (Å²) in [6.07, 6.45) is 15.5. The predicted octanol–water partition coefficient (Wildman–Crippen LogP) is 7.24. The Labute approximate surface area is 236 Å². The average molecular weight is 526 g/mol. The third-order valence-corrected chi connectivity index (χ3v) is 9.08. The lowest BCUT2D eigenvalue weighted by molar-refractivity contribution is 0.261. The van der Waals surface area contributed by atoms with Gasteiger partial charge in [0.25, 0.3) is 0 Å². The van der Waals surface area contributed by atoms with E-state index in [1.54, 1.807) is 0 Å². The molecule has 39 heavy (non-hydrogen) atoms. The number of rotatable bonds is 8. The summed E-state index contributed by atoms with van der Waals surface area (Å²) in [5.74, 6) is 3.30. The van der Waals surface area contributed by atoms with Gasteiger partial charge >= 0.3 is 0 Å². The average Bonchev–Trinajstić information content (AvgIpc) is 3.40. The van der Waals surface area contributed by atoms with E-state index in [1.807, 2.05) is 12.4 Å². The van der Waals surface area contributed by atoms with Gasteiger partial charge in [0.05, 0.1) is 0 Å². The smallest absolute Gasteiger partial charge is 0.112 e. The lowest BCUT2D eigenvalue weighted by Crippen LogP contribution is -2.41. The van der Waals surface area contributed by atoms with Gasteiger partial charge in [0.1, 0.15) is 5.84 Å². The molecule has 0 amide bonds. The van der Waals surface area contributed by atoms with Crippen LogP contribution in [0.3, 0.4) is 0 Å². The molecule has 2 aliphatic heterocycles. The minimum absolute atomic E-state index is 0.587. The van der Waals surface area contributed by atoms with Gasteiger partial charge in [-0.1, -0.05) is 32.4 Å². The van der Waals surface area contributed by atoms with E-state index >= 15 is 0 Å². The molecule has 5 rings (SSSR count). The van der Waals surface area contributed by atoms with Crippen LogP contribution in [0.25, 0.3) is 0 Å². The van der Waals surface area contributed by atoms with Crippen LogP contribution in [0, 0.1) is 24.7 Å². The molecular weight excluding hydrogens is 478 g/mol. The minimum Gasteiger partial charge on any atom is -0.378 e. The van der Waals surface area contributed by atoms with Crippen LogP contribution in [0.15, 0.2) is 71.8 Å². The third-order valence-electron chi connectivity index (χ3n) is 9.08. The second-order valence-corrected chi connectivity index (χ2v) is 12.5. The molecule has 1 saturated carbocycles. The van der Waals surface area contributed by atoms with E-state index in [0.717, 1.165) is 38.4 Å². The summed E-state index contributed by atoms with van der Waals surface area (Å²) in [6, 6.07) is 11.3. The molecule has 1 aliphatic carbocycles. The van der Waals surface area contributed by atoms with Crippen molar-refractivity contribution >= 4 is 17.2 Å². The number of aromatic nitrogens is 1. The number of anilines is 2. The highest BCUT2D eigenvalue weighted by atomic mass is 15.2. The van der Waals surface area contributed by atoms with Gasteiger partial charge in [-0.2, -0.15) is 0 Å². The highest BCUT2D eigenvalue weighted by Gasteiger charge is 2.30. The highest BCUT2D eigenvalue weighted by molar-refractivity contribution is 5.88. The van der Waals surface area contributed by atoms with E-state index in [2.05, 4.69) is 84.2 Å². The molecule has 0 radical (unpaired) electrons. The van der Waals surface area contributed by atoms with Crippen molar-refractivity contribution in [3.63, 3.8) is 0 Å². The first-order valence-electron chi connectivity index (χ1n) is 15.0. The van der Waals surface area contributed by atoms with Crippen LogP contribution in [0.2, 0.25) is 0 Å². The molecule has 5 nitrogen and oxygen atoms in total. The third kappa shape index (κ3) is 6.93. The zero-order valence-electron chi connectivity index (χ0n) is 24.6. The Bertz CT molecular complexity index is 1180. The summed E-state index contributed by atoms with van der Waals surface area (Å²) in [6.45, 7) is 12.5. The number of aliphatic imine (C=N–C) groups is 1. The monoisotopic (exact) mass is 525 g/mol. The molecule has 0 spiro atoms. The Kier molecular flexibility index (Phi) is 8.74. The van der Waals surface area contributed by atoms with Crippen molar-refractivity contribution in [3.8, 4) is 0 Å². The number of nitrogens with zero attached hydrogens (tertiary/aromatic N) is 5.